The van der Waals surface area contributed by atoms with Crippen molar-refractivity contribution in [3.8, 4) is 0 Å². The third kappa shape index (κ3) is 1.11. The van der Waals surface area contributed by atoms with Gasteiger partial charge in [0.25, 0.3) is 0 Å². The molecule has 0 fully saturated rings. The molecule has 0 unspecified atom stereocenters. The van der Waals surface area contributed by atoms with Gasteiger partial charge in [-0.05, 0) is 22.0 Å². The van der Waals surface area contributed by atoms with E-state index in [2.05, 4.69) is 26.0 Å². The third-order valence-corrected chi connectivity index (χ3v) is 2.02. The first-order valence-electron chi connectivity index (χ1n) is 3.41. The smallest absolute Gasteiger partial charge is 0.161 e. The van der Waals surface area contributed by atoms with Gasteiger partial charge in [0.1, 0.15) is 4.60 Å². The Bertz CT molecular complexity index is 412. The molecule has 0 atom stereocenters. The van der Waals surface area contributed by atoms with Gasteiger partial charge in [-0.3, -0.25) is 0 Å². The minimum Gasteiger partial charge on any atom is -0.391 e. The second-order valence-corrected chi connectivity index (χ2v) is 3.16. The van der Waals surface area contributed by atoms with E-state index in [1.165, 1.54) is 0 Å². The van der Waals surface area contributed by atoms with Crippen LogP contribution >= 0.6 is 15.9 Å². The lowest BCUT2D eigenvalue weighted by atomic mass is 10.4. The Morgan fingerprint density at radius 1 is 1.58 bits per heavy atom. The number of rotatable bonds is 1. The van der Waals surface area contributed by atoms with Crippen LogP contribution in [0.1, 0.15) is 5.56 Å². The summed E-state index contributed by atoms with van der Waals surface area (Å²) in [5, 5.41) is 12.9. The summed E-state index contributed by atoms with van der Waals surface area (Å²) in [5.41, 5.74) is 1.42. The second kappa shape index (κ2) is 2.84. The summed E-state index contributed by atoms with van der Waals surface area (Å²) >= 11 is 3.25. The lowest BCUT2D eigenvalue weighted by molar-refractivity contribution is 0.283. The van der Waals surface area contributed by atoms with Gasteiger partial charge in [-0.2, -0.15) is 5.10 Å². The molecule has 12 heavy (non-hydrogen) atoms. The number of halogens is 1. The summed E-state index contributed by atoms with van der Waals surface area (Å²) < 4.78 is 2.36. The summed E-state index contributed by atoms with van der Waals surface area (Å²) in [6.45, 7) is -0.0348. The van der Waals surface area contributed by atoms with E-state index in [1.807, 2.05) is 0 Å². The third-order valence-electron chi connectivity index (χ3n) is 1.58. The zero-order chi connectivity index (χ0) is 8.55. The Kier molecular flexibility index (Phi) is 1.82. The van der Waals surface area contributed by atoms with Crippen LogP contribution in [0.4, 0.5) is 0 Å². The first kappa shape index (κ1) is 7.70. The summed E-state index contributed by atoms with van der Waals surface area (Å²) in [7, 11) is 0. The maximum Gasteiger partial charge on any atom is 0.161 e. The van der Waals surface area contributed by atoms with Crippen LogP contribution in [0.2, 0.25) is 0 Å². The zero-order valence-electron chi connectivity index (χ0n) is 6.11. The van der Waals surface area contributed by atoms with Crippen molar-refractivity contribution in [3.05, 3.63) is 28.6 Å². The highest BCUT2D eigenvalue weighted by Gasteiger charge is 2.03. The van der Waals surface area contributed by atoms with Crippen LogP contribution in [0.5, 0.6) is 0 Å². The fourth-order valence-corrected chi connectivity index (χ4v) is 1.29. The van der Waals surface area contributed by atoms with Crippen LogP contribution in [0.25, 0.3) is 5.65 Å². The van der Waals surface area contributed by atoms with E-state index in [4.69, 9.17) is 5.11 Å². The summed E-state index contributed by atoms with van der Waals surface area (Å²) in [6.07, 6.45) is 3.39. The molecular weight excluding hydrogens is 222 g/mol. The summed E-state index contributed by atoms with van der Waals surface area (Å²) in [5.74, 6) is 0. The number of nitrogens with zero attached hydrogens (tertiary/aromatic N) is 3. The van der Waals surface area contributed by atoms with Gasteiger partial charge in [0, 0.05) is 11.8 Å². The van der Waals surface area contributed by atoms with Crippen LogP contribution in [0.15, 0.2) is 23.1 Å². The van der Waals surface area contributed by atoms with Gasteiger partial charge in [-0.15, -0.1) is 0 Å². The zero-order valence-corrected chi connectivity index (χ0v) is 7.69. The highest BCUT2D eigenvalue weighted by atomic mass is 79.9. The van der Waals surface area contributed by atoms with Crippen molar-refractivity contribution >= 4 is 21.6 Å². The molecule has 2 aromatic rings. The number of aromatic nitrogens is 3. The molecule has 0 saturated carbocycles. The first-order chi connectivity index (χ1) is 5.81. The van der Waals surface area contributed by atoms with Crippen molar-refractivity contribution in [1.82, 2.24) is 14.6 Å². The van der Waals surface area contributed by atoms with E-state index >= 15 is 0 Å². The Balaban J connectivity index is 2.75. The van der Waals surface area contributed by atoms with Gasteiger partial charge in [0.15, 0.2) is 5.65 Å². The molecule has 0 aliphatic rings. The van der Waals surface area contributed by atoms with Crippen molar-refractivity contribution in [2.45, 2.75) is 6.61 Å². The number of hydrogen-bond acceptors (Lipinski definition) is 3. The van der Waals surface area contributed by atoms with Gasteiger partial charge >= 0.3 is 0 Å². The summed E-state index contributed by atoms with van der Waals surface area (Å²) in [6, 6.07) is 1.79. The molecule has 0 aromatic carbocycles. The Labute approximate surface area is 77.0 Å². The van der Waals surface area contributed by atoms with Crippen LogP contribution in [-0.2, 0) is 6.61 Å². The minimum absolute atomic E-state index is 0.0348. The SMILES string of the molecule is OCc1cnn2ccc(Br)nc12. The highest BCUT2D eigenvalue weighted by Crippen LogP contribution is 2.11. The van der Waals surface area contributed by atoms with Gasteiger partial charge < -0.3 is 5.11 Å². The van der Waals surface area contributed by atoms with Crippen molar-refractivity contribution in [3.63, 3.8) is 0 Å². The molecule has 5 heteroatoms. The highest BCUT2D eigenvalue weighted by molar-refractivity contribution is 9.10. The number of aliphatic hydroxyl groups is 1. The quantitative estimate of drug-likeness (QED) is 0.740. The molecule has 0 saturated heterocycles. The largest absolute Gasteiger partial charge is 0.391 e. The van der Waals surface area contributed by atoms with Crippen molar-refractivity contribution in [2.75, 3.05) is 0 Å². The number of fused-ring (bicyclic) bond motifs is 1. The molecule has 0 amide bonds. The molecule has 0 bridgehead atoms. The molecule has 62 valence electrons. The standard InChI is InChI=1S/C7H6BrN3O/c8-6-1-2-11-7(10-6)5(4-12)3-9-11/h1-3,12H,4H2. The van der Waals surface area contributed by atoms with Gasteiger partial charge in [-0.25, -0.2) is 9.50 Å². The van der Waals surface area contributed by atoms with Gasteiger partial charge in [0.05, 0.1) is 12.8 Å². The molecule has 0 radical (unpaired) electrons. The molecule has 0 spiro atoms. The predicted molar refractivity (Wildman–Crippen MR) is 46.6 cm³/mol. The van der Waals surface area contributed by atoms with E-state index < -0.39 is 0 Å². The molecule has 0 aliphatic heterocycles. The van der Waals surface area contributed by atoms with Crippen molar-refractivity contribution in [2.24, 2.45) is 0 Å². The molecule has 2 aromatic heterocycles. The predicted octanol–water partition coefficient (Wildman–Crippen LogP) is 0.984. The molecular formula is C7H6BrN3O. The van der Waals surface area contributed by atoms with Crippen molar-refractivity contribution < 1.29 is 5.11 Å². The Morgan fingerprint density at radius 3 is 3.17 bits per heavy atom. The van der Waals surface area contributed by atoms with E-state index in [1.54, 1.807) is 23.0 Å². The van der Waals surface area contributed by atoms with Crippen LogP contribution in [-0.4, -0.2) is 19.7 Å². The van der Waals surface area contributed by atoms with E-state index in [0.717, 1.165) is 10.2 Å². The van der Waals surface area contributed by atoms with E-state index in [0.29, 0.717) is 5.65 Å². The first-order valence-corrected chi connectivity index (χ1v) is 4.20. The fourth-order valence-electron chi connectivity index (χ4n) is 1.01. The number of hydrogen-bond donors (Lipinski definition) is 1. The van der Waals surface area contributed by atoms with E-state index in [-0.39, 0.29) is 6.61 Å². The maximum absolute atomic E-state index is 8.91. The maximum atomic E-state index is 8.91. The average Bonchev–Trinajstić information content (AvgIpc) is 2.46. The minimum atomic E-state index is -0.0348. The number of aliphatic hydroxyl groups excluding tert-OH is 1. The van der Waals surface area contributed by atoms with Crippen LogP contribution < -0.4 is 0 Å². The topological polar surface area (TPSA) is 50.4 Å². The van der Waals surface area contributed by atoms with E-state index in [9.17, 15) is 0 Å². The normalized spacial score (nSPS) is 10.8. The molecule has 2 rings (SSSR count). The lowest BCUT2D eigenvalue weighted by Crippen LogP contribution is -1.90. The average molecular weight is 228 g/mol. The second-order valence-electron chi connectivity index (χ2n) is 2.35. The Hall–Kier alpha value is -0.940. The molecule has 4 nitrogen and oxygen atoms in total. The molecule has 1 N–H and O–H groups in total. The van der Waals surface area contributed by atoms with Crippen LogP contribution in [0, 0.1) is 0 Å². The summed E-state index contributed by atoms with van der Waals surface area (Å²) in [4.78, 5) is 4.16. The fraction of sp³-hybridized carbons (Fsp3) is 0.143. The van der Waals surface area contributed by atoms with Crippen molar-refractivity contribution in [1.29, 1.82) is 0 Å². The molecule has 2 heterocycles. The van der Waals surface area contributed by atoms with Crippen LogP contribution in [0.3, 0.4) is 0 Å². The van der Waals surface area contributed by atoms with Gasteiger partial charge in [-0.1, -0.05) is 0 Å². The molecule has 0 aliphatic carbocycles. The lowest BCUT2D eigenvalue weighted by Gasteiger charge is -1.94. The monoisotopic (exact) mass is 227 g/mol. The Morgan fingerprint density at radius 2 is 2.42 bits per heavy atom. The van der Waals surface area contributed by atoms with Gasteiger partial charge in [0.2, 0.25) is 0 Å².